The number of nitrogens with zero attached hydrogens (tertiary/aromatic N) is 2. The zero-order valence-electron chi connectivity index (χ0n) is 13.2. The highest BCUT2D eigenvalue weighted by Gasteiger charge is 2.37. The molecule has 2 aliphatic rings. The van der Waals surface area contributed by atoms with Crippen LogP contribution >= 0.6 is 0 Å². The van der Waals surface area contributed by atoms with Crippen molar-refractivity contribution >= 4 is 12.0 Å². The number of nitrogens with one attached hydrogen (secondary N) is 1. The van der Waals surface area contributed by atoms with E-state index < -0.39 is 5.97 Å². The van der Waals surface area contributed by atoms with E-state index in [0.717, 1.165) is 32.2 Å². The number of urea groups is 1. The maximum absolute atomic E-state index is 12.3. The van der Waals surface area contributed by atoms with Crippen molar-refractivity contribution in [1.29, 1.82) is 0 Å². The Kier molecular flexibility index (Phi) is 5.08. The van der Waals surface area contributed by atoms with E-state index in [4.69, 9.17) is 5.11 Å². The van der Waals surface area contributed by atoms with Gasteiger partial charge in [0.25, 0.3) is 0 Å². The van der Waals surface area contributed by atoms with Gasteiger partial charge >= 0.3 is 12.0 Å². The summed E-state index contributed by atoms with van der Waals surface area (Å²) in [6.07, 6.45) is 3.85. The molecular formula is C15H27N3O3. The standard InChI is InChI=1S/C15H27N3O3/c1-4-17(9-14(19)20)13-7-12(8-13)16-15(21)18-10(2)5-6-11(18)3/h10-13H,4-9H2,1-3H3,(H,16,21)(H,19,20). The average molecular weight is 297 g/mol. The Labute approximate surface area is 126 Å². The van der Waals surface area contributed by atoms with Gasteiger partial charge in [0.1, 0.15) is 0 Å². The first kappa shape index (κ1) is 16.1. The summed E-state index contributed by atoms with van der Waals surface area (Å²) in [6.45, 7) is 6.99. The van der Waals surface area contributed by atoms with Gasteiger partial charge in [-0.3, -0.25) is 9.69 Å². The Morgan fingerprint density at radius 2 is 1.81 bits per heavy atom. The molecule has 2 rings (SSSR count). The quantitative estimate of drug-likeness (QED) is 0.807. The molecule has 6 nitrogen and oxygen atoms in total. The summed E-state index contributed by atoms with van der Waals surface area (Å²) in [5, 5.41) is 12.0. The number of likely N-dealkylation sites (N-methyl/N-ethyl adjacent to an activating group) is 1. The van der Waals surface area contributed by atoms with Gasteiger partial charge in [0.05, 0.1) is 6.54 Å². The van der Waals surface area contributed by atoms with E-state index in [1.54, 1.807) is 0 Å². The Morgan fingerprint density at radius 1 is 1.24 bits per heavy atom. The van der Waals surface area contributed by atoms with Gasteiger partial charge in [-0.15, -0.1) is 0 Å². The van der Waals surface area contributed by atoms with E-state index in [0.29, 0.717) is 12.1 Å². The smallest absolute Gasteiger partial charge is 0.318 e. The average Bonchev–Trinajstić information content (AvgIpc) is 2.70. The van der Waals surface area contributed by atoms with Crippen molar-refractivity contribution < 1.29 is 14.7 Å². The molecule has 21 heavy (non-hydrogen) atoms. The Bertz CT molecular complexity index is 386. The number of carbonyl (C=O) groups is 2. The van der Waals surface area contributed by atoms with Crippen molar-refractivity contribution in [3.63, 3.8) is 0 Å². The van der Waals surface area contributed by atoms with Crippen molar-refractivity contribution in [2.75, 3.05) is 13.1 Å². The fraction of sp³-hybridized carbons (Fsp3) is 0.867. The van der Waals surface area contributed by atoms with Crippen molar-refractivity contribution in [3.05, 3.63) is 0 Å². The zero-order valence-corrected chi connectivity index (χ0v) is 13.2. The molecule has 0 bridgehead atoms. The zero-order chi connectivity index (χ0) is 15.6. The molecule has 1 heterocycles. The molecule has 6 heteroatoms. The maximum Gasteiger partial charge on any atom is 0.318 e. The molecule has 1 saturated carbocycles. The molecule has 120 valence electrons. The van der Waals surface area contributed by atoms with E-state index in [-0.39, 0.29) is 24.7 Å². The first-order valence-corrected chi connectivity index (χ1v) is 7.97. The number of hydrogen-bond donors (Lipinski definition) is 2. The molecular weight excluding hydrogens is 270 g/mol. The normalized spacial score (nSPS) is 32.1. The topological polar surface area (TPSA) is 72.9 Å². The summed E-state index contributed by atoms with van der Waals surface area (Å²) in [5.74, 6) is -0.788. The summed E-state index contributed by atoms with van der Waals surface area (Å²) in [4.78, 5) is 27.0. The first-order valence-electron chi connectivity index (χ1n) is 7.97. The number of amides is 2. The molecule has 1 aliphatic carbocycles. The SMILES string of the molecule is CCN(CC(=O)O)C1CC(NC(=O)N2C(C)CCC2C)C1. The molecule has 1 aliphatic heterocycles. The van der Waals surface area contributed by atoms with Crippen LogP contribution in [0.3, 0.4) is 0 Å². The minimum Gasteiger partial charge on any atom is -0.480 e. The van der Waals surface area contributed by atoms with Crippen LogP contribution in [-0.2, 0) is 4.79 Å². The highest BCUT2D eigenvalue weighted by Crippen LogP contribution is 2.28. The second-order valence-electron chi connectivity index (χ2n) is 6.41. The molecule has 2 N–H and O–H groups in total. The predicted molar refractivity (Wildman–Crippen MR) is 80.2 cm³/mol. The van der Waals surface area contributed by atoms with Crippen LogP contribution in [0.15, 0.2) is 0 Å². The molecule has 0 aromatic rings. The first-order chi connectivity index (χ1) is 9.92. The van der Waals surface area contributed by atoms with Crippen molar-refractivity contribution in [1.82, 2.24) is 15.1 Å². The molecule has 0 aromatic heterocycles. The molecule has 2 atom stereocenters. The molecule has 2 amide bonds. The summed E-state index contributed by atoms with van der Waals surface area (Å²) in [5.41, 5.74) is 0. The molecule has 0 radical (unpaired) electrons. The van der Waals surface area contributed by atoms with Crippen LogP contribution < -0.4 is 5.32 Å². The minimum atomic E-state index is -0.788. The second kappa shape index (κ2) is 6.64. The van der Waals surface area contributed by atoms with Crippen LogP contribution in [-0.4, -0.2) is 64.2 Å². The predicted octanol–water partition coefficient (Wildman–Crippen LogP) is 1.51. The van der Waals surface area contributed by atoms with E-state index in [9.17, 15) is 9.59 Å². The van der Waals surface area contributed by atoms with Gasteiger partial charge < -0.3 is 15.3 Å². The number of carboxylic acid groups (broad SMARTS) is 1. The van der Waals surface area contributed by atoms with Gasteiger partial charge in [0.2, 0.25) is 0 Å². The van der Waals surface area contributed by atoms with Crippen molar-refractivity contribution in [3.8, 4) is 0 Å². The van der Waals surface area contributed by atoms with E-state index >= 15 is 0 Å². The fourth-order valence-corrected chi connectivity index (χ4v) is 3.52. The third kappa shape index (κ3) is 3.67. The monoisotopic (exact) mass is 297 g/mol. The lowest BCUT2D eigenvalue weighted by Crippen LogP contribution is -2.57. The number of carbonyl (C=O) groups excluding carboxylic acids is 1. The Morgan fingerprint density at radius 3 is 2.29 bits per heavy atom. The Hall–Kier alpha value is -1.30. The van der Waals surface area contributed by atoms with Gasteiger partial charge in [-0.25, -0.2) is 4.79 Å². The van der Waals surface area contributed by atoms with Gasteiger partial charge in [-0.2, -0.15) is 0 Å². The van der Waals surface area contributed by atoms with Gasteiger partial charge in [-0.1, -0.05) is 6.92 Å². The van der Waals surface area contributed by atoms with Crippen LogP contribution in [0.25, 0.3) is 0 Å². The van der Waals surface area contributed by atoms with Gasteiger partial charge in [0.15, 0.2) is 0 Å². The number of rotatable bonds is 5. The molecule has 1 saturated heterocycles. The molecule has 2 unspecified atom stereocenters. The third-order valence-electron chi connectivity index (χ3n) is 4.89. The number of aliphatic carboxylic acids is 1. The Balaban J connectivity index is 1.77. The van der Waals surface area contributed by atoms with Crippen LogP contribution in [0, 0.1) is 0 Å². The summed E-state index contributed by atoms with van der Waals surface area (Å²) < 4.78 is 0. The third-order valence-corrected chi connectivity index (χ3v) is 4.89. The van der Waals surface area contributed by atoms with Crippen molar-refractivity contribution in [2.45, 2.75) is 70.6 Å². The van der Waals surface area contributed by atoms with E-state index in [2.05, 4.69) is 19.2 Å². The maximum atomic E-state index is 12.3. The van der Waals surface area contributed by atoms with Crippen LogP contribution in [0.4, 0.5) is 4.79 Å². The summed E-state index contributed by atoms with van der Waals surface area (Å²) >= 11 is 0. The van der Waals surface area contributed by atoms with Crippen LogP contribution in [0.2, 0.25) is 0 Å². The lowest BCUT2D eigenvalue weighted by Gasteiger charge is -2.43. The van der Waals surface area contributed by atoms with Crippen LogP contribution in [0.5, 0.6) is 0 Å². The number of carboxylic acids is 1. The summed E-state index contributed by atoms with van der Waals surface area (Å²) in [7, 11) is 0. The second-order valence-corrected chi connectivity index (χ2v) is 6.41. The van der Waals surface area contributed by atoms with Gasteiger partial charge in [-0.05, 0) is 46.1 Å². The molecule has 0 aromatic carbocycles. The van der Waals surface area contributed by atoms with E-state index in [1.165, 1.54) is 0 Å². The highest BCUT2D eigenvalue weighted by molar-refractivity contribution is 5.75. The minimum absolute atomic E-state index is 0.0391. The van der Waals surface area contributed by atoms with E-state index in [1.807, 2.05) is 16.7 Å². The number of hydrogen-bond acceptors (Lipinski definition) is 3. The summed E-state index contributed by atoms with van der Waals surface area (Å²) in [6, 6.07) is 1.14. The largest absolute Gasteiger partial charge is 0.480 e. The van der Waals surface area contributed by atoms with Gasteiger partial charge in [0, 0.05) is 24.2 Å². The van der Waals surface area contributed by atoms with Crippen molar-refractivity contribution in [2.24, 2.45) is 0 Å². The molecule has 0 spiro atoms. The lowest BCUT2D eigenvalue weighted by molar-refractivity contribution is -0.139. The highest BCUT2D eigenvalue weighted by atomic mass is 16.4. The van der Waals surface area contributed by atoms with Crippen LogP contribution in [0.1, 0.15) is 46.5 Å². The number of likely N-dealkylation sites (tertiary alicyclic amines) is 1. The lowest BCUT2D eigenvalue weighted by atomic mass is 9.85. The molecule has 2 fully saturated rings. The fourth-order valence-electron chi connectivity index (χ4n) is 3.52.